The van der Waals surface area contributed by atoms with Gasteiger partial charge in [-0.1, -0.05) is 6.92 Å². The Kier molecular flexibility index (Phi) is 5.69. The molecule has 1 saturated heterocycles. The number of nitrogens with zero attached hydrogens (tertiary/aromatic N) is 3. The highest BCUT2D eigenvalue weighted by Crippen LogP contribution is 2.24. The molecule has 0 saturated carbocycles. The first-order valence-electron chi connectivity index (χ1n) is 7.52. The zero-order valence-corrected chi connectivity index (χ0v) is 13.7. The lowest BCUT2D eigenvalue weighted by molar-refractivity contribution is -0.142. The summed E-state index contributed by atoms with van der Waals surface area (Å²) >= 11 is 0. The fraction of sp³-hybridized carbons (Fsp3) is 0.769. The van der Waals surface area contributed by atoms with Crippen LogP contribution in [0.3, 0.4) is 0 Å². The highest BCUT2D eigenvalue weighted by Gasteiger charge is 2.32. The number of piperidine rings is 1. The van der Waals surface area contributed by atoms with E-state index in [1.807, 2.05) is 6.92 Å². The molecule has 0 bridgehead atoms. The Morgan fingerprint density at radius 1 is 1.35 bits per heavy atom. The number of nitrogens with one attached hydrogen (secondary N) is 1. The van der Waals surface area contributed by atoms with Gasteiger partial charge in [0.05, 0.1) is 6.20 Å². The Balaban J connectivity index is 2.00. The summed E-state index contributed by atoms with van der Waals surface area (Å²) in [5, 5.41) is 6.74. The smallest absolute Gasteiger partial charge is 0.317 e. The lowest BCUT2D eigenvalue weighted by Crippen LogP contribution is -2.40. The lowest BCUT2D eigenvalue weighted by atomic mass is 9.98. The summed E-state index contributed by atoms with van der Waals surface area (Å²) in [6, 6.07) is 0. The molecule has 132 valence electrons. The van der Waals surface area contributed by atoms with Gasteiger partial charge in [0.15, 0.2) is 0 Å². The monoisotopic (exact) mass is 354 g/mol. The molecule has 2 heterocycles. The number of aromatic nitrogens is 2. The molecule has 1 N–H and O–H groups in total. The molecule has 0 radical (unpaired) electrons. The minimum absolute atomic E-state index is 0.188. The quantitative estimate of drug-likeness (QED) is 0.840. The molecule has 2 rings (SSSR count). The van der Waals surface area contributed by atoms with Crippen molar-refractivity contribution in [1.29, 1.82) is 0 Å². The van der Waals surface area contributed by atoms with Crippen molar-refractivity contribution in [2.24, 2.45) is 5.92 Å². The summed E-state index contributed by atoms with van der Waals surface area (Å²) in [4.78, 5) is -0.188. The highest BCUT2D eigenvalue weighted by molar-refractivity contribution is 7.89. The number of rotatable bonds is 6. The van der Waals surface area contributed by atoms with Crippen molar-refractivity contribution in [3.05, 3.63) is 12.4 Å². The fourth-order valence-electron chi connectivity index (χ4n) is 2.60. The summed E-state index contributed by atoms with van der Waals surface area (Å²) < 4.78 is 63.8. The second kappa shape index (κ2) is 7.18. The third-order valence-corrected chi connectivity index (χ3v) is 5.70. The maximum Gasteiger partial charge on any atom is 0.408 e. The summed E-state index contributed by atoms with van der Waals surface area (Å²) in [7, 11) is -3.78. The van der Waals surface area contributed by atoms with Gasteiger partial charge in [0.1, 0.15) is 11.4 Å². The first-order chi connectivity index (χ1) is 10.7. The third-order valence-electron chi connectivity index (χ3n) is 3.85. The molecule has 1 aliphatic rings. The van der Waals surface area contributed by atoms with Crippen LogP contribution < -0.4 is 5.32 Å². The van der Waals surface area contributed by atoms with E-state index in [0.717, 1.165) is 38.3 Å². The molecule has 10 heteroatoms. The van der Waals surface area contributed by atoms with E-state index in [1.54, 1.807) is 0 Å². The van der Waals surface area contributed by atoms with E-state index in [4.69, 9.17) is 0 Å². The third kappa shape index (κ3) is 4.92. The lowest BCUT2D eigenvalue weighted by Gasteiger charge is -2.30. The maximum atomic E-state index is 12.5. The molecular formula is C13H21F3N4O2S. The van der Waals surface area contributed by atoms with Crippen molar-refractivity contribution in [3.63, 3.8) is 0 Å². The van der Waals surface area contributed by atoms with Crippen LogP contribution in [0.25, 0.3) is 0 Å². The van der Waals surface area contributed by atoms with Crippen molar-refractivity contribution in [1.82, 2.24) is 19.4 Å². The van der Waals surface area contributed by atoms with Gasteiger partial charge in [-0.3, -0.25) is 4.68 Å². The predicted octanol–water partition coefficient (Wildman–Crippen LogP) is 1.46. The molecule has 0 aromatic carbocycles. The van der Waals surface area contributed by atoms with Gasteiger partial charge in [-0.05, 0) is 31.8 Å². The zero-order chi connectivity index (χ0) is 17.1. The first-order valence-corrected chi connectivity index (χ1v) is 8.96. The van der Waals surface area contributed by atoms with Crippen LogP contribution in [0.2, 0.25) is 0 Å². The standard InChI is InChI=1S/C13H21F3N4O2S/c1-2-17-7-11-3-5-20(6-4-11)23(21,22)12-8-18-19(9-12)10-13(14,15)16/h8-9,11,17H,2-7,10H2,1H3. The fourth-order valence-corrected chi connectivity index (χ4v) is 4.02. The van der Waals surface area contributed by atoms with E-state index in [-0.39, 0.29) is 4.90 Å². The Bertz CT molecular complexity index is 607. The van der Waals surface area contributed by atoms with Gasteiger partial charge in [-0.25, -0.2) is 8.42 Å². The van der Waals surface area contributed by atoms with Gasteiger partial charge in [0, 0.05) is 19.3 Å². The largest absolute Gasteiger partial charge is 0.408 e. The maximum absolute atomic E-state index is 12.5. The minimum atomic E-state index is -4.43. The van der Waals surface area contributed by atoms with Crippen LogP contribution in [0, 0.1) is 5.92 Å². The van der Waals surface area contributed by atoms with Gasteiger partial charge in [0.25, 0.3) is 0 Å². The van der Waals surface area contributed by atoms with Crippen LogP contribution in [-0.4, -0.2) is 54.9 Å². The molecule has 0 amide bonds. The molecule has 1 aromatic rings. The zero-order valence-electron chi connectivity index (χ0n) is 12.9. The van der Waals surface area contributed by atoms with Crippen molar-refractivity contribution < 1.29 is 21.6 Å². The molecule has 1 fully saturated rings. The van der Waals surface area contributed by atoms with E-state index in [9.17, 15) is 21.6 Å². The first kappa shape index (κ1) is 18.2. The van der Waals surface area contributed by atoms with Gasteiger partial charge < -0.3 is 5.32 Å². The second-order valence-corrected chi connectivity index (χ2v) is 7.58. The van der Waals surface area contributed by atoms with E-state index < -0.39 is 22.7 Å². The summed E-state index contributed by atoms with van der Waals surface area (Å²) in [6.45, 7) is 3.20. The minimum Gasteiger partial charge on any atom is -0.317 e. The van der Waals surface area contributed by atoms with Crippen LogP contribution in [0.1, 0.15) is 19.8 Å². The molecule has 0 unspecified atom stereocenters. The predicted molar refractivity (Wildman–Crippen MR) is 78.3 cm³/mol. The number of sulfonamides is 1. The topological polar surface area (TPSA) is 67.2 Å². The molecule has 1 aliphatic heterocycles. The summed E-state index contributed by atoms with van der Waals surface area (Å²) in [6.07, 6.45) is -1.04. The number of halogens is 3. The molecule has 0 spiro atoms. The number of hydrogen-bond donors (Lipinski definition) is 1. The molecule has 0 atom stereocenters. The van der Waals surface area contributed by atoms with Crippen LogP contribution >= 0.6 is 0 Å². The SMILES string of the molecule is CCNCC1CCN(S(=O)(=O)c2cnn(CC(F)(F)F)c2)CC1. The average molecular weight is 354 g/mol. The van der Waals surface area contributed by atoms with E-state index in [1.165, 1.54) is 4.31 Å². The highest BCUT2D eigenvalue weighted by atomic mass is 32.2. The normalized spacial score (nSPS) is 18.4. The number of hydrogen-bond acceptors (Lipinski definition) is 4. The average Bonchev–Trinajstić information content (AvgIpc) is 2.92. The Morgan fingerprint density at radius 2 is 2.00 bits per heavy atom. The molecular weight excluding hydrogens is 333 g/mol. The van der Waals surface area contributed by atoms with Gasteiger partial charge in [-0.2, -0.15) is 22.6 Å². The van der Waals surface area contributed by atoms with Crippen LogP contribution in [0.15, 0.2) is 17.3 Å². The van der Waals surface area contributed by atoms with Gasteiger partial charge in [-0.15, -0.1) is 0 Å². The Hall–Kier alpha value is -1.13. The van der Waals surface area contributed by atoms with E-state index >= 15 is 0 Å². The van der Waals surface area contributed by atoms with Crippen LogP contribution in [0.5, 0.6) is 0 Å². The van der Waals surface area contributed by atoms with Crippen LogP contribution in [0.4, 0.5) is 13.2 Å². The molecule has 23 heavy (non-hydrogen) atoms. The van der Waals surface area contributed by atoms with Crippen molar-refractivity contribution in [2.45, 2.75) is 37.4 Å². The number of alkyl halides is 3. The summed E-state index contributed by atoms with van der Waals surface area (Å²) in [5.41, 5.74) is 0. The summed E-state index contributed by atoms with van der Waals surface area (Å²) in [5.74, 6) is 0.425. The Morgan fingerprint density at radius 3 is 2.57 bits per heavy atom. The molecule has 0 aliphatic carbocycles. The molecule has 6 nitrogen and oxygen atoms in total. The molecule has 1 aromatic heterocycles. The van der Waals surface area contributed by atoms with E-state index in [0.29, 0.717) is 23.7 Å². The Labute approximate surface area is 133 Å². The van der Waals surface area contributed by atoms with Crippen molar-refractivity contribution >= 4 is 10.0 Å². The van der Waals surface area contributed by atoms with Crippen LogP contribution in [-0.2, 0) is 16.6 Å². The second-order valence-electron chi connectivity index (χ2n) is 5.64. The van der Waals surface area contributed by atoms with Gasteiger partial charge in [0.2, 0.25) is 10.0 Å². The van der Waals surface area contributed by atoms with E-state index in [2.05, 4.69) is 10.4 Å². The van der Waals surface area contributed by atoms with Crippen molar-refractivity contribution in [2.75, 3.05) is 26.2 Å². The van der Waals surface area contributed by atoms with Crippen molar-refractivity contribution in [3.8, 4) is 0 Å². The van der Waals surface area contributed by atoms with Gasteiger partial charge >= 0.3 is 6.18 Å².